The minimum atomic E-state index is 0.521. The molecule has 0 radical (unpaired) electrons. The van der Waals surface area contributed by atoms with Gasteiger partial charge in [-0.3, -0.25) is 4.90 Å². The van der Waals surface area contributed by atoms with Crippen molar-refractivity contribution in [3.63, 3.8) is 0 Å². The van der Waals surface area contributed by atoms with Crippen LogP contribution in [0.15, 0.2) is 0 Å². The molecule has 1 fully saturated rings. The first kappa shape index (κ1) is 15.9. The van der Waals surface area contributed by atoms with Gasteiger partial charge in [-0.15, -0.1) is 0 Å². The molecule has 0 aromatic rings. The highest BCUT2D eigenvalue weighted by Crippen LogP contribution is 2.06. The molecule has 1 aliphatic heterocycles. The van der Waals surface area contributed by atoms with Gasteiger partial charge in [-0.1, -0.05) is 20.8 Å². The SMILES string of the molecule is CCN1CCN(C(CNCC(C)C)COC)CC1. The Balaban J connectivity index is 2.32. The molecule has 1 saturated heterocycles. The van der Waals surface area contributed by atoms with E-state index >= 15 is 0 Å². The molecule has 108 valence electrons. The van der Waals surface area contributed by atoms with Crippen molar-refractivity contribution >= 4 is 0 Å². The Morgan fingerprint density at radius 2 is 1.78 bits per heavy atom. The van der Waals surface area contributed by atoms with Crippen LogP contribution >= 0.6 is 0 Å². The zero-order valence-corrected chi connectivity index (χ0v) is 12.6. The monoisotopic (exact) mass is 257 g/mol. The van der Waals surface area contributed by atoms with E-state index in [0.717, 1.165) is 19.7 Å². The Morgan fingerprint density at radius 1 is 1.11 bits per heavy atom. The molecule has 0 aromatic heterocycles. The molecule has 1 unspecified atom stereocenters. The van der Waals surface area contributed by atoms with Gasteiger partial charge in [0.15, 0.2) is 0 Å². The van der Waals surface area contributed by atoms with E-state index in [1.165, 1.54) is 32.7 Å². The number of hydrogen-bond donors (Lipinski definition) is 1. The maximum absolute atomic E-state index is 5.37. The van der Waals surface area contributed by atoms with E-state index < -0.39 is 0 Å². The number of likely N-dealkylation sites (N-methyl/N-ethyl adjacent to an activating group) is 1. The maximum atomic E-state index is 5.37. The van der Waals surface area contributed by atoms with Gasteiger partial charge < -0.3 is 15.0 Å². The lowest BCUT2D eigenvalue weighted by Crippen LogP contribution is -2.54. The number of rotatable bonds is 8. The van der Waals surface area contributed by atoms with Gasteiger partial charge in [0.1, 0.15) is 0 Å². The van der Waals surface area contributed by atoms with Crippen molar-refractivity contribution < 1.29 is 4.74 Å². The third-order valence-electron chi connectivity index (χ3n) is 3.66. The largest absolute Gasteiger partial charge is 0.383 e. The van der Waals surface area contributed by atoms with Crippen LogP contribution in [-0.4, -0.2) is 75.4 Å². The lowest BCUT2D eigenvalue weighted by atomic mass is 10.2. The Kier molecular flexibility index (Phi) is 7.82. The smallest absolute Gasteiger partial charge is 0.0630 e. The van der Waals surface area contributed by atoms with E-state index in [0.29, 0.717) is 12.0 Å². The van der Waals surface area contributed by atoms with Crippen molar-refractivity contribution in [2.75, 3.05) is 59.5 Å². The maximum Gasteiger partial charge on any atom is 0.0630 e. The minimum absolute atomic E-state index is 0.521. The molecule has 4 nitrogen and oxygen atoms in total. The van der Waals surface area contributed by atoms with E-state index in [-0.39, 0.29) is 0 Å². The third kappa shape index (κ3) is 5.65. The summed E-state index contributed by atoms with van der Waals surface area (Å²) >= 11 is 0. The molecule has 1 heterocycles. The second-order valence-corrected chi connectivity index (χ2v) is 5.63. The Bertz CT molecular complexity index is 203. The number of methoxy groups -OCH3 is 1. The van der Waals surface area contributed by atoms with Crippen LogP contribution in [0.5, 0.6) is 0 Å². The van der Waals surface area contributed by atoms with Crippen LogP contribution in [0.3, 0.4) is 0 Å². The van der Waals surface area contributed by atoms with Crippen molar-refractivity contribution in [1.29, 1.82) is 0 Å². The third-order valence-corrected chi connectivity index (χ3v) is 3.66. The average molecular weight is 257 g/mol. The highest BCUT2D eigenvalue weighted by molar-refractivity contribution is 4.79. The predicted molar refractivity (Wildman–Crippen MR) is 77.1 cm³/mol. The van der Waals surface area contributed by atoms with Crippen LogP contribution in [-0.2, 0) is 4.74 Å². The van der Waals surface area contributed by atoms with E-state index in [4.69, 9.17) is 4.74 Å². The van der Waals surface area contributed by atoms with Gasteiger partial charge in [-0.05, 0) is 19.0 Å². The van der Waals surface area contributed by atoms with Crippen LogP contribution < -0.4 is 5.32 Å². The summed E-state index contributed by atoms with van der Waals surface area (Å²) in [6.07, 6.45) is 0. The first-order valence-electron chi connectivity index (χ1n) is 7.33. The van der Waals surface area contributed by atoms with E-state index in [2.05, 4.69) is 35.9 Å². The quantitative estimate of drug-likeness (QED) is 0.699. The van der Waals surface area contributed by atoms with Crippen molar-refractivity contribution in [3.8, 4) is 0 Å². The lowest BCUT2D eigenvalue weighted by molar-refractivity contribution is 0.0508. The summed E-state index contributed by atoms with van der Waals surface area (Å²) in [4.78, 5) is 5.09. The van der Waals surface area contributed by atoms with Crippen molar-refractivity contribution in [1.82, 2.24) is 15.1 Å². The van der Waals surface area contributed by atoms with E-state index in [1.54, 1.807) is 7.11 Å². The number of hydrogen-bond acceptors (Lipinski definition) is 4. The molecule has 0 bridgehead atoms. The normalized spacial score (nSPS) is 20.5. The summed E-state index contributed by atoms with van der Waals surface area (Å²) in [6.45, 7) is 15.6. The molecule has 1 atom stereocenters. The van der Waals surface area contributed by atoms with Gasteiger partial charge in [0.05, 0.1) is 6.61 Å². The molecule has 4 heteroatoms. The fraction of sp³-hybridized carbons (Fsp3) is 1.00. The molecule has 0 amide bonds. The van der Waals surface area contributed by atoms with E-state index in [1.807, 2.05) is 0 Å². The molecule has 0 aromatic carbocycles. The molecule has 18 heavy (non-hydrogen) atoms. The van der Waals surface area contributed by atoms with Gasteiger partial charge in [-0.2, -0.15) is 0 Å². The second-order valence-electron chi connectivity index (χ2n) is 5.63. The van der Waals surface area contributed by atoms with Gasteiger partial charge >= 0.3 is 0 Å². The molecule has 0 aliphatic carbocycles. The average Bonchev–Trinajstić information content (AvgIpc) is 2.37. The van der Waals surface area contributed by atoms with Crippen LogP contribution in [0.1, 0.15) is 20.8 Å². The molecular formula is C14H31N3O. The Labute approximate surface area is 113 Å². The standard InChI is InChI=1S/C14H31N3O/c1-5-16-6-8-17(9-7-16)14(12-18-4)11-15-10-13(2)3/h13-15H,5-12H2,1-4H3. The lowest BCUT2D eigenvalue weighted by Gasteiger charge is -2.38. The summed E-state index contributed by atoms with van der Waals surface area (Å²) in [7, 11) is 1.80. The Morgan fingerprint density at radius 3 is 2.28 bits per heavy atom. The molecule has 1 aliphatic rings. The first-order chi connectivity index (χ1) is 8.67. The zero-order valence-electron chi connectivity index (χ0n) is 12.6. The zero-order chi connectivity index (χ0) is 13.4. The number of piperazine rings is 1. The van der Waals surface area contributed by atoms with Crippen molar-refractivity contribution in [2.45, 2.75) is 26.8 Å². The summed E-state index contributed by atoms with van der Waals surface area (Å²) in [6, 6.07) is 0.521. The Hall–Kier alpha value is -0.160. The van der Waals surface area contributed by atoms with Gasteiger partial charge in [-0.25, -0.2) is 0 Å². The fourth-order valence-electron chi connectivity index (χ4n) is 2.47. The number of ether oxygens (including phenoxy) is 1. The first-order valence-corrected chi connectivity index (χ1v) is 7.33. The van der Waals surface area contributed by atoms with Crippen LogP contribution in [0.4, 0.5) is 0 Å². The second kappa shape index (κ2) is 8.86. The van der Waals surface area contributed by atoms with Crippen LogP contribution in [0.25, 0.3) is 0 Å². The highest BCUT2D eigenvalue weighted by atomic mass is 16.5. The van der Waals surface area contributed by atoms with Gasteiger partial charge in [0.25, 0.3) is 0 Å². The van der Waals surface area contributed by atoms with Gasteiger partial charge in [0.2, 0.25) is 0 Å². The van der Waals surface area contributed by atoms with Crippen LogP contribution in [0.2, 0.25) is 0 Å². The van der Waals surface area contributed by atoms with Crippen LogP contribution in [0, 0.1) is 5.92 Å². The van der Waals surface area contributed by atoms with Crippen molar-refractivity contribution in [3.05, 3.63) is 0 Å². The molecule has 1 N–H and O–H groups in total. The highest BCUT2D eigenvalue weighted by Gasteiger charge is 2.22. The summed E-state index contributed by atoms with van der Waals surface area (Å²) < 4.78 is 5.37. The predicted octanol–water partition coefficient (Wildman–Crippen LogP) is 0.885. The molecule has 1 rings (SSSR count). The molecular weight excluding hydrogens is 226 g/mol. The van der Waals surface area contributed by atoms with Crippen molar-refractivity contribution in [2.24, 2.45) is 5.92 Å². The van der Waals surface area contributed by atoms with E-state index in [9.17, 15) is 0 Å². The summed E-state index contributed by atoms with van der Waals surface area (Å²) in [5.74, 6) is 0.713. The topological polar surface area (TPSA) is 27.7 Å². The fourth-order valence-corrected chi connectivity index (χ4v) is 2.47. The number of nitrogens with one attached hydrogen (secondary N) is 1. The summed E-state index contributed by atoms with van der Waals surface area (Å²) in [5, 5.41) is 3.56. The minimum Gasteiger partial charge on any atom is -0.383 e. The summed E-state index contributed by atoms with van der Waals surface area (Å²) in [5.41, 5.74) is 0. The molecule has 0 saturated carbocycles. The molecule has 0 spiro atoms. The number of nitrogens with zero attached hydrogens (tertiary/aromatic N) is 2. The van der Waals surface area contributed by atoms with Gasteiger partial charge in [0, 0.05) is 45.9 Å².